The fourth-order valence-corrected chi connectivity index (χ4v) is 3.14. The van der Waals surface area contributed by atoms with Crippen LogP contribution in [0, 0.1) is 5.82 Å². The molecule has 1 heterocycles. The van der Waals surface area contributed by atoms with E-state index in [2.05, 4.69) is 20.7 Å². The summed E-state index contributed by atoms with van der Waals surface area (Å²) in [6.45, 7) is 4.95. The third-order valence-electron chi connectivity index (χ3n) is 4.68. The number of ether oxygens (including phenoxy) is 3. The number of nitrogens with zero attached hydrogens (tertiary/aromatic N) is 2. The van der Waals surface area contributed by atoms with Crippen LogP contribution in [0.5, 0.6) is 11.5 Å². The molecule has 0 atom stereocenters. The highest BCUT2D eigenvalue weighted by atomic mass is 32.1. The van der Waals surface area contributed by atoms with E-state index in [0.29, 0.717) is 23.0 Å². The van der Waals surface area contributed by atoms with Crippen molar-refractivity contribution in [3.8, 4) is 11.5 Å². The van der Waals surface area contributed by atoms with Gasteiger partial charge in [-0.2, -0.15) is 5.10 Å². The van der Waals surface area contributed by atoms with Gasteiger partial charge in [0.15, 0.2) is 16.6 Å². The number of methoxy groups -OCH3 is 1. The molecule has 0 aromatic heterocycles. The highest BCUT2D eigenvalue weighted by Gasteiger charge is 2.16. The summed E-state index contributed by atoms with van der Waals surface area (Å²) in [5, 5.41) is 7.62. The Morgan fingerprint density at radius 2 is 2.03 bits per heavy atom. The zero-order chi connectivity index (χ0) is 22.8. The first-order valence-electron chi connectivity index (χ1n) is 10.1. The van der Waals surface area contributed by atoms with Gasteiger partial charge in [-0.05, 0) is 48.1 Å². The van der Waals surface area contributed by atoms with Crippen LogP contribution in [-0.2, 0) is 4.74 Å². The van der Waals surface area contributed by atoms with Gasteiger partial charge in [0.05, 0.1) is 32.1 Å². The van der Waals surface area contributed by atoms with Crippen molar-refractivity contribution in [1.82, 2.24) is 15.6 Å². The predicted octanol–water partition coefficient (Wildman–Crippen LogP) is 2.18. The zero-order valence-corrected chi connectivity index (χ0v) is 18.5. The molecular weight excluding hydrogens is 435 g/mol. The number of rotatable bonds is 8. The number of morpholine rings is 1. The largest absolute Gasteiger partial charge is 0.493 e. The molecule has 0 spiro atoms. The first-order valence-corrected chi connectivity index (χ1v) is 10.5. The number of carbonyl (C=O) groups excluding carboxylic acids is 1. The van der Waals surface area contributed by atoms with Gasteiger partial charge in [-0.3, -0.25) is 10.3 Å². The van der Waals surface area contributed by atoms with E-state index in [1.807, 2.05) is 0 Å². The van der Waals surface area contributed by atoms with Crippen LogP contribution in [0.4, 0.5) is 4.39 Å². The molecule has 1 aliphatic rings. The Morgan fingerprint density at radius 1 is 1.25 bits per heavy atom. The van der Waals surface area contributed by atoms with Gasteiger partial charge in [-0.1, -0.05) is 12.1 Å². The van der Waals surface area contributed by atoms with Crippen molar-refractivity contribution in [2.24, 2.45) is 5.10 Å². The number of hydrogen-bond donors (Lipinski definition) is 2. The fraction of sp³-hybridized carbons (Fsp3) is 0.318. The van der Waals surface area contributed by atoms with E-state index in [9.17, 15) is 9.18 Å². The molecule has 170 valence electrons. The second-order valence-electron chi connectivity index (χ2n) is 6.86. The van der Waals surface area contributed by atoms with Gasteiger partial charge in [-0.15, -0.1) is 0 Å². The zero-order valence-electron chi connectivity index (χ0n) is 17.7. The first kappa shape index (κ1) is 23.6. The lowest BCUT2D eigenvalue weighted by Gasteiger charge is -2.26. The van der Waals surface area contributed by atoms with Gasteiger partial charge in [-0.25, -0.2) is 9.18 Å². The first-order chi connectivity index (χ1) is 15.6. The molecule has 0 amide bonds. The fourth-order valence-electron chi connectivity index (χ4n) is 2.99. The molecule has 2 aromatic carbocycles. The number of benzene rings is 2. The SMILES string of the molecule is COc1cc(/C=N\NC(=S)NCCN2CCOCC2)ccc1OC(=O)c1ccccc1F. The molecule has 1 saturated heterocycles. The topological polar surface area (TPSA) is 84.4 Å². The molecule has 10 heteroatoms. The highest BCUT2D eigenvalue weighted by Crippen LogP contribution is 2.28. The Labute approximate surface area is 191 Å². The summed E-state index contributed by atoms with van der Waals surface area (Å²) in [6, 6.07) is 10.5. The lowest BCUT2D eigenvalue weighted by molar-refractivity contribution is 0.0389. The molecule has 2 N–H and O–H groups in total. The minimum absolute atomic E-state index is 0.154. The van der Waals surface area contributed by atoms with E-state index in [4.69, 9.17) is 26.4 Å². The van der Waals surface area contributed by atoms with Crippen molar-refractivity contribution >= 4 is 29.5 Å². The summed E-state index contributed by atoms with van der Waals surface area (Å²) in [5.74, 6) is -0.977. The number of nitrogens with one attached hydrogen (secondary N) is 2. The Bertz CT molecular complexity index is 967. The van der Waals surface area contributed by atoms with Gasteiger partial charge in [0.25, 0.3) is 0 Å². The minimum Gasteiger partial charge on any atom is -0.493 e. The average Bonchev–Trinajstić information content (AvgIpc) is 2.81. The Morgan fingerprint density at radius 3 is 2.78 bits per heavy atom. The lowest BCUT2D eigenvalue weighted by Crippen LogP contribution is -2.42. The minimum atomic E-state index is -0.807. The van der Waals surface area contributed by atoms with Crippen LogP contribution in [0.1, 0.15) is 15.9 Å². The summed E-state index contributed by atoms with van der Waals surface area (Å²) in [6.07, 6.45) is 1.56. The summed E-state index contributed by atoms with van der Waals surface area (Å²) < 4.78 is 29.7. The van der Waals surface area contributed by atoms with E-state index in [-0.39, 0.29) is 11.3 Å². The molecule has 3 rings (SSSR count). The molecule has 0 radical (unpaired) electrons. The van der Waals surface area contributed by atoms with Gasteiger partial charge in [0, 0.05) is 26.2 Å². The molecule has 1 aliphatic heterocycles. The maximum Gasteiger partial charge on any atom is 0.346 e. The van der Waals surface area contributed by atoms with E-state index in [1.165, 1.54) is 25.3 Å². The van der Waals surface area contributed by atoms with Crippen molar-refractivity contribution in [2.75, 3.05) is 46.5 Å². The van der Waals surface area contributed by atoms with Crippen molar-refractivity contribution < 1.29 is 23.4 Å². The number of esters is 1. The van der Waals surface area contributed by atoms with Crippen LogP contribution >= 0.6 is 12.2 Å². The number of hydrogen-bond acceptors (Lipinski definition) is 7. The van der Waals surface area contributed by atoms with Crippen molar-refractivity contribution in [3.05, 3.63) is 59.4 Å². The molecule has 0 aliphatic carbocycles. The predicted molar refractivity (Wildman–Crippen MR) is 123 cm³/mol. The maximum absolute atomic E-state index is 13.8. The quantitative estimate of drug-likeness (QED) is 0.204. The second-order valence-corrected chi connectivity index (χ2v) is 7.27. The normalized spacial score (nSPS) is 14.2. The van der Waals surface area contributed by atoms with Gasteiger partial charge in [0.1, 0.15) is 5.82 Å². The number of halogens is 1. The maximum atomic E-state index is 13.8. The molecule has 32 heavy (non-hydrogen) atoms. The smallest absolute Gasteiger partial charge is 0.346 e. The van der Waals surface area contributed by atoms with Crippen LogP contribution in [0.25, 0.3) is 0 Å². The highest BCUT2D eigenvalue weighted by molar-refractivity contribution is 7.80. The van der Waals surface area contributed by atoms with Crippen molar-refractivity contribution in [3.63, 3.8) is 0 Å². The third-order valence-corrected chi connectivity index (χ3v) is 4.92. The van der Waals surface area contributed by atoms with Gasteiger partial charge >= 0.3 is 5.97 Å². The molecule has 1 fully saturated rings. The summed E-state index contributed by atoms with van der Waals surface area (Å²) in [5.41, 5.74) is 3.30. The molecular formula is C22H25FN4O4S. The van der Waals surface area contributed by atoms with Gasteiger partial charge in [0.2, 0.25) is 0 Å². The number of thiocarbonyl (C=S) groups is 1. The van der Waals surface area contributed by atoms with E-state index in [0.717, 1.165) is 32.8 Å². The number of carbonyl (C=O) groups is 1. The van der Waals surface area contributed by atoms with E-state index < -0.39 is 11.8 Å². The number of hydrazone groups is 1. The van der Waals surface area contributed by atoms with Crippen LogP contribution in [0.15, 0.2) is 47.6 Å². The lowest BCUT2D eigenvalue weighted by atomic mass is 10.2. The Kier molecular flexibility index (Phi) is 8.90. The summed E-state index contributed by atoms with van der Waals surface area (Å²) >= 11 is 5.22. The van der Waals surface area contributed by atoms with Crippen LogP contribution < -0.4 is 20.2 Å². The molecule has 0 bridgehead atoms. The van der Waals surface area contributed by atoms with Crippen molar-refractivity contribution in [2.45, 2.75) is 0 Å². The van der Waals surface area contributed by atoms with Gasteiger partial charge < -0.3 is 19.5 Å². The van der Waals surface area contributed by atoms with Crippen LogP contribution in [0.2, 0.25) is 0 Å². The van der Waals surface area contributed by atoms with Crippen molar-refractivity contribution in [1.29, 1.82) is 0 Å². The second kappa shape index (κ2) is 12.1. The molecule has 0 saturated carbocycles. The summed E-state index contributed by atoms with van der Waals surface area (Å²) in [4.78, 5) is 14.5. The third kappa shape index (κ3) is 6.98. The molecule has 2 aromatic rings. The van der Waals surface area contributed by atoms with Crippen LogP contribution in [0.3, 0.4) is 0 Å². The molecule has 0 unspecified atom stereocenters. The van der Waals surface area contributed by atoms with E-state index >= 15 is 0 Å². The summed E-state index contributed by atoms with van der Waals surface area (Å²) in [7, 11) is 1.45. The van der Waals surface area contributed by atoms with E-state index in [1.54, 1.807) is 30.5 Å². The standard InChI is InChI=1S/C22H25FN4O4S/c1-29-20-14-16(6-7-19(20)31-21(28)17-4-2-3-5-18(17)23)15-25-26-22(32)24-8-9-27-10-12-30-13-11-27/h2-7,14-15H,8-13H2,1H3,(H2,24,26,32)/b25-15-. The average molecular weight is 461 g/mol. The Balaban J connectivity index is 1.50. The van der Waals surface area contributed by atoms with Crippen LogP contribution in [-0.4, -0.2) is 68.7 Å². The monoisotopic (exact) mass is 460 g/mol. The molecule has 8 nitrogen and oxygen atoms in total. The Hall–Kier alpha value is -3.08.